The van der Waals surface area contributed by atoms with Crippen LogP contribution in [0.25, 0.3) is 0 Å². The summed E-state index contributed by atoms with van der Waals surface area (Å²) < 4.78 is 5.27. The van der Waals surface area contributed by atoms with Gasteiger partial charge < -0.3 is 15.0 Å². The molecule has 2 atom stereocenters. The van der Waals surface area contributed by atoms with Gasteiger partial charge in [-0.2, -0.15) is 0 Å². The zero-order valence-corrected chi connectivity index (χ0v) is 10.9. The van der Waals surface area contributed by atoms with Gasteiger partial charge in [0, 0.05) is 19.7 Å². The Morgan fingerprint density at radius 2 is 2.06 bits per heavy atom. The van der Waals surface area contributed by atoms with Crippen LogP contribution >= 0.6 is 0 Å². The molecule has 5 nitrogen and oxygen atoms in total. The quantitative estimate of drug-likeness (QED) is 0.765. The van der Waals surface area contributed by atoms with Crippen LogP contribution in [0.5, 0.6) is 0 Å². The Kier molecular flexibility index (Phi) is 5.41. The summed E-state index contributed by atoms with van der Waals surface area (Å²) in [6.07, 6.45) is 1.29. The molecule has 1 saturated heterocycles. The number of ether oxygens (including phenoxy) is 1. The second-order valence-electron chi connectivity index (χ2n) is 4.24. The molecule has 1 fully saturated rings. The van der Waals surface area contributed by atoms with Crippen LogP contribution in [0.2, 0.25) is 0 Å². The van der Waals surface area contributed by atoms with E-state index in [9.17, 15) is 9.59 Å². The van der Waals surface area contributed by atoms with Crippen molar-refractivity contribution in [1.82, 2.24) is 10.2 Å². The highest BCUT2D eigenvalue weighted by molar-refractivity contribution is 5.89. The molecule has 0 aliphatic carbocycles. The number of hydrogen-bond acceptors (Lipinski definition) is 3. The van der Waals surface area contributed by atoms with Crippen LogP contribution in [0.1, 0.15) is 33.6 Å². The maximum Gasteiger partial charge on any atom is 0.249 e. The van der Waals surface area contributed by atoms with Crippen LogP contribution < -0.4 is 5.32 Å². The predicted octanol–water partition coefficient (Wildman–Crippen LogP) is 0.539. The molecule has 1 aliphatic rings. The molecular formula is C12H22N2O3. The van der Waals surface area contributed by atoms with Gasteiger partial charge in [-0.3, -0.25) is 9.59 Å². The van der Waals surface area contributed by atoms with Gasteiger partial charge in [0.15, 0.2) is 0 Å². The number of nitrogens with zero attached hydrogens (tertiary/aromatic N) is 1. The summed E-state index contributed by atoms with van der Waals surface area (Å²) in [4.78, 5) is 25.4. The summed E-state index contributed by atoms with van der Waals surface area (Å²) in [5, 5.41) is 2.72. The molecule has 0 spiro atoms. The number of hydrogen-bond donors (Lipinski definition) is 1. The Morgan fingerprint density at radius 3 is 2.53 bits per heavy atom. The van der Waals surface area contributed by atoms with E-state index in [4.69, 9.17) is 4.74 Å². The SMILES string of the molecule is CCN(CC)C(=O)[C@@H](C)NC(=O)[C@H]1CCCO1. The highest BCUT2D eigenvalue weighted by atomic mass is 16.5. The van der Waals surface area contributed by atoms with Crippen molar-refractivity contribution in [3.63, 3.8) is 0 Å². The second kappa shape index (κ2) is 6.59. The van der Waals surface area contributed by atoms with Gasteiger partial charge in [-0.1, -0.05) is 0 Å². The highest BCUT2D eigenvalue weighted by Crippen LogP contribution is 2.12. The van der Waals surface area contributed by atoms with Crippen molar-refractivity contribution >= 4 is 11.8 Å². The summed E-state index contributed by atoms with van der Waals surface area (Å²) in [7, 11) is 0. The Labute approximate surface area is 102 Å². The van der Waals surface area contributed by atoms with Gasteiger partial charge in [-0.25, -0.2) is 0 Å². The molecule has 0 bridgehead atoms. The molecular weight excluding hydrogens is 220 g/mol. The standard InChI is InChI=1S/C12H22N2O3/c1-4-14(5-2)12(16)9(3)13-11(15)10-7-6-8-17-10/h9-10H,4-8H2,1-3H3,(H,13,15)/t9-,10-/m1/s1. The predicted molar refractivity (Wildman–Crippen MR) is 64.5 cm³/mol. The molecule has 1 N–H and O–H groups in total. The molecule has 0 aromatic carbocycles. The molecule has 17 heavy (non-hydrogen) atoms. The zero-order valence-electron chi connectivity index (χ0n) is 10.9. The number of carbonyl (C=O) groups excluding carboxylic acids is 2. The van der Waals surface area contributed by atoms with E-state index in [1.807, 2.05) is 13.8 Å². The largest absolute Gasteiger partial charge is 0.368 e. The molecule has 0 aromatic heterocycles. The van der Waals surface area contributed by atoms with Gasteiger partial charge in [-0.15, -0.1) is 0 Å². The van der Waals surface area contributed by atoms with Gasteiger partial charge in [-0.05, 0) is 33.6 Å². The van der Waals surface area contributed by atoms with Crippen molar-refractivity contribution < 1.29 is 14.3 Å². The Balaban J connectivity index is 2.44. The minimum absolute atomic E-state index is 0.0404. The third-order valence-electron chi connectivity index (χ3n) is 3.03. The van der Waals surface area contributed by atoms with Gasteiger partial charge in [0.2, 0.25) is 11.8 Å². The van der Waals surface area contributed by atoms with Crippen LogP contribution in [-0.4, -0.2) is 48.6 Å². The number of nitrogens with one attached hydrogen (secondary N) is 1. The van der Waals surface area contributed by atoms with Crippen molar-refractivity contribution in [3.05, 3.63) is 0 Å². The van der Waals surface area contributed by atoms with E-state index in [-0.39, 0.29) is 17.9 Å². The average Bonchev–Trinajstić information content (AvgIpc) is 2.83. The summed E-state index contributed by atoms with van der Waals surface area (Å²) in [6.45, 7) is 7.53. The maximum atomic E-state index is 11.9. The van der Waals surface area contributed by atoms with Gasteiger partial charge >= 0.3 is 0 Å². The third-order valence-corrected chi connectivity index (χ3v) is 3.03. The first-order valence-electron chi connectivity index (χ1n) is 6.30. The van der Waals surface area contributed by atoms with Crippen molar-refractivity contribution in [3.8, 4) is 0 Å². The van der Waals surface area contributed by atoms with Crippen LogP contribution in [0.15, 0.2) is 0 Å². The summed E-state index contributed by atoms with van der Waals surface area (Å²) in [5.74, 6) is -0.211. The first-order valence-corrected chi connectivity index (χ1v) is 6.30. The number of carbonyl (C=O) groups is 2. The monoisotopic (exact) mass is 242 g/mol. The van der Waals surface area contributed by atoms with Gasteiger partial charge in [0.25, 0.3) is 0 Å². The third kappa shape index (κ3) is 3.70. The van der Waals surface area contributed by atoms with Gasteiger partial charge in [0.1, 0.15) is 12.1 Å². The van der Waals surface area contributed by atoms with E-state index in [0.29, 0.717) is 19.7 Å². The topological polar surface area (TPSA) is 58.6 Å². The molecule has 5 heteroatoms. The lowest BCUT2D eigenvalue weighted by Gasteiger charge is -2.24. The van der Waals surface area contributed by atoms with Crippen molar-refractivity contribution in [1.29, 1.82) is 0 Å². The molecule has 1 heterocycles. The van der Waals surface area contributed by atoms with Crippen LogP contribution in [0, 0.1) is 0 Å². The minimum Gasteiger partial charge on any atom is -0.368 e. The van der Waals surface area contributed by atoms with E-state index in [2.05, 4.69) is 5.32 Å². The van der Waals surface area contributed by atoms with Crippen molar-refractivity contribution in [2.24, 2.45) is 0 Å². The smallest absolute Gasteiger partial charge is 0.249 e. The Hall–Kier alpha value is -1.10. The lowest BCUT2D eigenvalue weighted by atomic mass is 10.2. The molecule has 0 aromatic rings. The van der Waals surface area contributed by atoms with E-state index in [0.717, 1.165) is 12.8 Å². The van der Waals surface area contributed by atoms with Crippen LogP contribution in [0.3, 0.4) is 0 Å². The molecule has 2 amide bonds. The Bertz CT molecular complexity index is 271. The average molecular weight is 242 g/mol. The first-order chi connectivity index (χ1) is 8.10. The highest BCUT2D eigenvalue weighted by Gasteiger charge is 2.27. The summed E-state index contributed by atoms with van der Waals surface area (Å²) in [6, 6.07) is -0.480. The van der Waals surface area contributed by atoms with E-state index < -0.39 is 6.04 Å². The first kappa shape index (κ1) is 14.0. The van der Waals surface area contributed by atoms with E-state index in [1.165, 1.54) is 0 Å². The van der Waals surface area contributed by atoms with Crippen molar-refractivity contribution in [2.75, 3.05) is 19.7 Å². The van der Waals surface area contributed by atoms with E-state index in [1.54, 1.807) is 11.8 Å². The molecule has 98 valence electrons. The Morgan fingerprint density at radius 1 is 1.41 bits per heavy atom. The summed E-state index contributed by atoms with van der Waals surface area (Å²) in [5.41, 5.74) is 0. The number of amides is 2. The molecule has 0 saturated carbocycles. The fourth-order valence-corrected chi connectivity index (χ4v) is 1.96. The lowest BCUT2D eigenvalue weighted by Crippen LogP contribution is -2.49. The molecule has 1 aliphatic heterocycles. The maximum absolute atomic E-state index is 11.9. The fourth-order valence-electron chi connectivity index (χ4n) is 1.96. The van der Waals surface area contributed by atoms with Crippen LogP contribution in [-0.2, 0) is 14.3 Å². The van der Waals surface area contributed by atoms with Gasteiger partial charge in [0.05, 0.1) is 0 Å². The molecule has 1 rings (SSSR count). The van der Waals surface area contributed by atoms with Crippen molar-refractivity contribution in [2.45, 2.75) is 45.8 Å². The lowest BCUT2D eigenvalue weighted by molar-refractivity contribution is -0.138. The minimum atomic E-state index is -0.480. The number of rotatable bonds is 5. The molecule has 0 radical (unpaired) electrons. The summed E-state index contributed by atoms with van der Waals surface area (Å²) >= 11 is 0. The second-order valence-corrected chi connectivity index (χ2v) is 4.24. The normalized spacial score (nSPS) is 21.0. The zero-order chi connectivity index (χ0) is 12.8. The van der Waals surface area contributed by atoms with Crippen LogP contribution in [0.4, 0.5) is 0 Å². The number of likely N-dealkylation sites (N-methyl/N-ethyl adjacent to an activating group) is 1. The fraction of sp³-hybridized carbons (Fsp3) is 0.833. The van der Waals surface area contributed by atoms with E-state index >= 15 is 0 Å². The molecule has 0 unspecified atom stereocenters.